The molecule has 0 bridgehead atoms. The molecule has 1 atom stereocenters. The number of likely N-dealkylation sites (N-methyl/N-ethyl adjacent to an activating group) is 1. The summed E-state index contributed by atoms with van der Waals surface area (Å²) in [5.41, 5.74) is -1.40. The number of alkyl halides is 3. The van der Waals surface area contributed by atoms with E-state index in [0.29, 0.717) is 25.2 Å². The zero-order chi connectivity index (χ0) is 15.5. The summed E-state index contributed by atoms with van der Waals surface area (Å²) in [6, 6.07) is 0.554. The molecule has 0 saturated heterocycles. The molecule has 7 heteroatoms. The van der Waals surface area contributed by atoms with Crippen molar-refractivity contribution in [1.29, 1.82) is 0 Å². The van der Waals surface area contributed by atoms with E-state index in [1.807, 2.05) is 0 Å². The van der Waals surface area contributed by atoms with E-state index in [1.165, 1.54) is 4.90 Å². The summed E-state index contributed by atoms with van der Waals surface area (Å²) in [4.78, 5) is 12.7. The van der Waals surface area contributed by atoms with E-state index in [-0.39, 0.29) is 5.56 Å². The van der Waals surface area contributed by atoms with E-state index < -0.39 is 29.6 Å². The lowest BCUT2D eigenvalue weighted by Crippen LogP contribution is -2.34. The largest absolute Gasteiger partial charge is 0.480 e. The summed E-state index contributed by atoms with van der Waals surface area (Å²) in [7, 11) is 0. The first kappa shape index (κ1) is 16.4. The minimum absolute atomic E-state index is 0.214. The van der Waals surface area contributed by atoms with E-state index in [1.54, 1.807) is 13.8 Å². The van der Waals surface area contributed by atoms with Gasteiger partial charge in [-0.15, -0.1) is 0 Å². The minimum Gasteiger partial charge on any atom is -0.480 e. The Labute approximate surface area is 113 Å². The van der Waals surface area contributed by atoms with Crippen LogP contribution < -0.4 is 0 Å². The highest BCUT2D eigenvalue weighted by atomic mass is 19.4. The number of rotatable bonds is 5. The number of carbonyl (C=O) groups is 1. The lowest BCUT2D eigenvalue weighted by molar-refractivity contribution is -0.144. The molecule has 0 aliphatic rings. The van der Waals surface area contributed by atoms with Crippen LogP contribution in [0.4, 0.5) is 17.6 Å². The number of nitrogens with zero attached hydrogens (tertiary/aromatic N) is 1. The third-order valence-electron chi connectivity index (χ3n) is 2.97. The van der Waals surface area contributed by atoms with Crippen LogP contribution in [0.15, 0.2) is 18.2 Å². The van der Waals surface area contributed by atoms with Crippen LogP contribution >= 0.6 is 0 Å². The van der Waals surface area contributed by atoms with Crippen molar-refractivity contribution in [2.45, 2.75) is 26.1 Å². The Balaban J connectivity index is 3.34. The molecule has 20 heavy (non-hydrogen) atoms. The summed E-state index contributed by atoms with van der Waals surface area (Å²) in [5.74, 6) is -2.42. The van der Waals surface area contributed by atoms with Crippen LogP contribution in [0.1, 0.15) is 31.0 Å². The fourth-order valence-corrected chi connectivity index (χ4v) is 2.03. The van der Waals surface area contributed by atoms with Crippen molar-refractivity contribution in [3.05, 3.63) is 35.1 Å². The minimum atomic E-state index is -4.72. The fraction of sp³-hybridized carbons (Fsp3) is 0.462. The van der Waals surface area contributed by atoms with Crippen LogP contribution in [-0.2, 0) is 11.0 Å². The van der Waals surface area contributed by atoms with E-state index in [2.05, 4.69) is 0 Å². The molecule has 0 aliphatic carbocycles. The van der Waals surface area contributed by atoms with Crippen LogP contribution in [0, 0.1) is 5.82 Å². The summed E-state index contributed by atoms with van der Waals surface area (Å²) in [5, 5.41) is 9.20. The highest BCUT2D eigenvalue weighted by Crippen LogP contribution is 2.33. The van der Waals surface area contributed by atoms with Crippen molar-refractivity contribution in [2.24, 2.45) is 0 Å². The summed E-state index contributed by atoms with van der Waals surface area (Å²) < 4.78 is 51.3. The summed E-state index contributed by atoms with van der Waals surface area (Å²) in [6.07, 6.45) is -4.72. The molecule has 1 rings (SSSR count). The number of halogens is 4. The third kappa shape index (κ3) is 3.69. The molecule has 1 aromatic rings. The number of carboxylic acids is 1. The highest BCUT2D eigenvalue weighted by molar-refractivity contribution is 5.75. The van der Waals surface area contributed by atoms with Gasteiger partial charge in [0, 0.05) is 0 Å². The Kier molecular flexibility index (Phi) is 5.10. The van der Waals surface area contributed by atoms with Gasteiger partial charge >= 0.3 is 12.1 Å². The maximum absolute atomic E-state index is 13.3. The molecule has 0 spiro atoms. The first-order valence-electron chi connectivity index (χ1n) is 6.05. The van der Waals surface area contributed by atoms with Gasteiger partial charge in [0.05, 0.1) is 5.56 Å². The maximum Gasteiger partial charge on any atom is 0.416 e. The van der Waals surface area contributed by atoms with Crippen LogP contribution in [0.2, 0.25) is 0 Å². The van der Waals surface area contributed by atoms with Gasteiger partial charge < -0.3 is 5.11 Å². The first-order valence-corrected chi connectivity index (χ1v) is 6.05. The SMILES string of the molecule is CCN(CC)C(C(=O)O)c1cc(F)cc(C(F)(F)F)c1. The molecule has 0 heterocycles. The molecule has 3 nitrogen and oxygen atoms in total. The second-order valence-corrected chi connectivity index (χ2v) is 4.23. The van der Waals surface area contributed by atoms with Crippen molar-refractivity contribution >= 4 is 5.97 Å². The second kappa shape index (κ2) is 6.21. The van der Waals surface area contributed by atoms with Gasteiger partial charge in [-0.1, -0.05) is 13.8 Å². The quantitative estimate of drug-likeness (QED) is 0.847. The number of benzene rings is 1. The molecule has 0 saturated carbocycles. The van der Waals surface area contributed by atoms with Crippen LogP contribution in [-0.4, -0.2) is 29.1 Å². The number of hydrogen-bond acceptors (Lipinski definition) is 2. The third-order valence-corrected chi connectivity index (χ3v) is 2.97. The molecule has 0 aromatic heterocycles. The van der Waals surface area contributed by atoms with Gasteiger partial charge in [-0.3, -0.25) is 9.69 Å². The Morgan fingerprint density at radius 2 is 1.80 bits per heavy atom. The van der Waals surface area contributed by atoms with E-state index in [4.69, 9.17) is 0 Å². The maximum atomic E-state index is 13.3. The van der Waals surface area contributed by atoms with E-state index >= 15 is 0 Å². The molecule has 0 radical (unpaired) electrons. The predicted molar refractivity (Wildman–Crippen MR) is 64.7 cm³/mol. The normalized spacial score (nSPS) is 13.6. The lowest BCUT2D eigenvalue weighted by Gasteiger charge is -2.27. The zero-order valence-electron chi connectivity index (χ0n) is 11.0. The molecule has 112 valence electrons. The summed E-state index contributed by atoms with van der Waals surface area (Å²) >= 11 is 0. The highest BCUT2D eigenvalue weighted by Gasteiger charge is 2.34. The van der Waals surface area contributed by atoms with Gasteiger partial charge in [0.2, 0.25) is 0 Å². The van der Waals surface area contributed by atoms with Crippen molar-refractivity contribution in [2.75, 3.05) is 13.1 Å². The number of carboxylic acid groups (broad SMARTS) is 1. The molecule has 0 fully saturated rings. The summed E-state index contributed by atoms with van der Waals surface area (Å²) in [6.45, 7) is 4.02. The molecule has 1 unspecified atom stereocenters. The van der Waals surface area contributed by atoms with Gasteiger partial charge in [-0.2, -0.15) is 13.2 Å². The lowest BCUT2D eigenvalue weighted by atomic mass is 10.0. The zero-order valence-corrected chi connectivity index (χ0v) is 11.0. The van der Waals surface area contributed by atoms with Crippen LogP contribution in [0.25, 0.3) is 0 Å². The number of aliphatic carboxylic acids is 1. The van der Waals surface area contributed by atoms with Gasteiger partial charge in [-0.05, 0) is 36.9 Å². The van der Waals surface area contributed by atoms with Gasteiger partial charge in [0.25, 0.3) is 0 Å². The Morgan fingerprint density at radius 1 is 1.25 bits per heavy atom. The molecule has 0 amide bonds. The van der Waals surface area contributed by atoms with Crippen molar-refractivity contribution in [3.8, 4) is 0 Å². The predicted octanol–water partition coefficient (Wildman–Crippen LogP) is 3.31. The standard InChI is InChI=1S/C13H15F4NO2/c1-3-18(4-2)11(12(19)20)8-5-9(13(15,16)17)7-10(14)6-8/h5-7,11H,3-4H2,1-2H3,(H,19,20). The number of hydrogen-bond donors (Lipinski definition) is 1. The Hall–Kier alpha value is -1.63. The topological polar surface area (TPSA) is 40.5 Å². The average Bonchev–Trinajstić information content (AvgIpc) is 2.33. The Morgan fingerprint density at radius 3 is 2.20 bits per heavy atom. The fourth-order valence-electron chi connectivity index (χ4n) is 2.03. The van der Waals surface area contributed by atoms with Crippen LogP contribution in [0.3, 0.4) is 0 Å². The van der Waals surface area contributed by atoms with Crippen LogP contribution in [0.5, 0.6) is 0 Å². The van der Waals surface area contributed by atoms with E-state index in [9.17, 15) is 27.5 Å². The molecular formula is C13H15F4NO2. The van der Waals surface area contributed by atoms with Crippen molar-refractivity contribution < 1.29 is 27.5 Å². The van der Waals surface area contributed by atoms with Crippen molar-refractivity contribution in [3.63, 3.8) is 0 Å². The smallest absolute Gasteiger partial charge is 0.416 e. The van der Waals surface area contributed by atoms with Gasteiger partial charge in [0.1, 0.15) is 11.9 Å². The monoisotopic (exact) mass is 293 g/mol. The second-order valence-electron chi connectivity index (χ2n) is 4.23. The molecule has 0 aliphatic heterocycles. The molecular weight excluding hydrogens is 278 g/mol. The first-order chi connectivity index (χ1) is 9.20. The van der Waals surface area contributed by atoms with Gasteiger partial charge in [0.15, 0.2) is 0 Å². The van der Waals surface area contributed by atoms with Crippen molar-refractivity contribution in [1.82, 2.24) is 4.90 Å². The Bertz CT molecular complexity index is 484. The molecule has 1 N–H and O–H groups in total. The average molecular weight is 293 g/mol. The van der Waals surface area contributed by atoms with Gasteiger partial charge in [-0.25, -0.2) is 4.39 Å². The van der Waals surface area contributed by atoms with E-state index in [0.717, 1.165) is 6.07 Å². The molecule has 1 aromatic carbocycles.